The Kier molecular flexibility index (Phi) is 3.99. The van der Waals surface area contributed by atoms with Crippen molar-refractivity contribution in [1.29, 1.82) is 0 Å². The summed E-state index contributed by atoms with van der Waals surface area (Å²) in [7, 11) is 0. The molecular formula is C18H22N6O. The third-order valence-electron chi connectivity index (χ3n) is 5.04. The van der Waals surface area contributed by atoms with Crippen LogP contribution in [0.15, 0.2) is 30.9 Å². The Morgan fingerprint density at radius 1 is 1.32 bits per heavy atom. The van der Waals surface area contributed by atoms with Crippen LogP contribution in [0.1, 0.15) is 43.1 Å². The maximum atomic E-state index is 12.6. The lowest BCUT2D eigenvalue weighted by Crippen LogP contribution is -2.41. The minimum Gasteiger partial charge on any atom is -0.342 e. The fourth-order valence-electron chi connectivity index (χ4n) is 3.50. The molecule has 3 heterocycles. The zero-order valence-electron chi connectivity index (χ0n) is 14.5. The summed E-state index contributed by atoms with van der Waals surface area (Å²) in [4.78, 5) is 26.7. The summed E-state index contributed by atoms with van der Waals surface area (Å²) >= 11 is 0. The summed E-state index contributed by atoms with van der Waals surface area (Å²) in [6.07, 6.45) is 4.90. The number of fused-ring (bicyclic) bond motifs is 1. The van der Waals surface area contributed by atoms with Gasteiger partial charge in [-0.05, 0) is 44.4 Å². The molecule has 130 valence electrons. The molecule has 7 nitrogen and oxygen atoms in total. The Bertz CT molecular complexity index is 876. The van der Waals surface area contributed by atoms with Gasteiger partial charge in [0.05, 0.1) is 11.0 Å². The van der Waals surface area contributed by atoms with E-state index >= 15 is 0 Å². The Labute approximate surface area is 146 Å². The van der Waals surface area contributed by atoms with Gasteiger partial charge in [-0.3, -0.25) is 4.79 Å². The molecule has 1 aliphatic rings. The molecule has 0 aliphatic carbocycles. The van der Waals surface area contributed by atoms with Crippen LogP contribution in [0.4, 0.5) is 0 Å². The Hall–Kier alpha value is -2.70. The highest BCUT2D eigenvalue weighted by molar-refractivity contribution is 5.80. The first-order valence-corrected chi connectivity index (χ1v) is 8.71. The minimum atomic E-state index is -0.312. The molecule has 0 radical (unpaired) electrons. The predicted molar refractivity (Wildman–Crippen MR) is 94.1 cm³/mol. The lowest BCUT2D eigenvalue weighted by atomic mass is 9.96. The number of aryl methyl sites for hydroxylation is 1. The molecule has 25 heavy (non-hydrogen) atoms. The third kappa shape index (κ3) is 3.01. The molecule has 1 atom stereocenters. The van der Waals surface area contributed by atoms with E-state index < -0.39 is 0 Å². The van der Waals surface area contributed by atoms with Crippen LogP contribution in [0.3, 0.4) is 0 Å². The Morgan fingerprint density at radius 2 is 2.12 bits per heavy atom. The van der Waals surface area contributed by atoms with E-state index in [9.17, 15) is 4.79 Å². The zero-order valence-corrected chi connectivity index (χ0v) is 14.5. The van der Waals surface area contributed by atoms with E-state index in [1.807, 2.05) is 11.8 Å². The molecule has 2 aromatic heterocycles. The summed E-state index contributed by atoms with van der Waals surface area (Å²) in [6, 6.07) is 5.96. The minimum absolute atomic E-state index is 0.101. The summed E-state index contributed by atoms with van der Waals surface area (Å²) in [5, 5.41) is 4.07. The number of hydrogen-bond donors (Lipinski definition) is 1. The molecule has 1 N–H and O–H groups in total. The van der Waals surface area contributed by atoms with Gasteiger partial charge in [0, 0.05) is 19.0 Å². The number of aromatic amines is 1. The van der Waals surface area contributed by atoms with E-state index in [4.69, 9.17) is 4.98 Å². The van der Waals surface area contributed by atoms with E-state index in [0.717, 1.165) is 42.8 Å². The number of rotatable bonds is 3. The van der Waals surface area contributed by atoms with E-state index in [1.165, 1.54) is 11.9 Å². The van der Waals surface area contributed by atoms with Crippen molar-refractivity contribution in [3.05, 3.63) is 42.2 Å². The molecule has 7 heteroatoms. The number of nitrogens with one attached hydrogen (secondary N) is 1. The average Bonchev–Trinajstić information content (AvgIpc) is 3.30. The van der Waals surface area contributed by atoms with Crippen molar-refractivity contribution >= 4 is 16.9 Å². The van der Waals surface area contributed by atoms with Gasteiger partial charge in [-0.2, -0.15) is 5.10 Å². The Balaban J connectivity index is 1.43. The third-order valence-corrected chi connectivity index (χ3v) is 5.04. The van der Waals surface area contributed by atoms with Gasteiger partial charge in [0.15, 0.2) is 0 Å². The highest BCUT2D eigenvalue weighted by Crippen LogP contribution is 2.28. The number of nitrogens with zero attached hydrogens (tertiary/aromatic N) is 5. The van der Waals surface area contributed by atoms with Crippen LogP contribution in [0.5, 0.6) is 0 Å². The second kappa shape index (κ2) is 6.31. The van der Waals surface area contributed by atoms with Crippen molar-refractivity contribution in [2.45, 2.75) is 38.6 Å². The van der Waals surface area contributed by atoms with Crippen LogP contribution in [0.25, 0.3) is 11.0 Å². The maximum absolute atomic E-state index is 12.6. The van der Waals surface area contributed by atoms with Gasteiger partial charge in [0.1, 0.15) is 24.5 Å². The number of likely N-dealkylation sites (tertiary alicyclic amines) is 1. The van der Waals surface area contributed by atoms with Crippen LogP contribution in [0.2, 0.25) is 0 Å². The van der Waals surface area contributed by atoms with Crippen molar-refractivity contribution in [3.63, 3.8) is 0 Å². The topological polar surface area (TPSA) is 79.7 Å². The Morgan fingerprint density at radius 3 is 2.84 bits per heavy atom. The molecule has 1 saturated heterocycles. The molecule has 1 aromatic carbocycles. The van der Waals surface area contributed by atoms with Gasteiger partial charge in [-0.25, -0.2) is 14.6 Å². The summed E-state index contributed by atoms with van der Waals surface area (Å²) < 4.78 is 1.61. The maximum Gasteiger partial charge on any atom is 0.247 e. The number of piperidine rings is 1. The fraction of sp³-hybridized carbons (Fsp3) is 0.444. The largest absolute Gasteiger partial charge is 0.342 e. The first-order valence-electron chi connectivity index (χ1n) is 8.71. The van der Waals surface area contributed by atoms with Crippen LogP contribution in [-0.2, 0) is 4.79 Å². The molecule has 0 bridgehead atoms. The van der Waals surface area contributed by atoms with E-state index in [2.05, 4.69) is 40.2 Å². The lowest BCUT2D eigenvalue weighted by Gasteiger charge is -2.32. The SMILES string of the molecule is Cc1ccc2nc(C3CCN(C(=O)C(C)n4cncn4)CC3)[nH]c2c1. The normalized spacial score (nSPS) is 17.1. The van der Waals surface area contributed by atoms with E-state index in [-0.39, 0.29) is 11.9 Å². The molecule has 1 fully saturated rings. The van der Waals surface area contributed by atoms with Crippen LogP contribution >= 0.6 is 0 Å². The van der Waals surface area contributed by atoms with Gasteiger partial charge in [0.2, 0.25) is 5.91 Å². The van der Waals surface area contributed by atoms with Gasteiger partial charge >= 0.3 is 0 Å². The second-order valence-electron chi connectivity index (χ2n) is 6.79. The van der Waals surface area contributed by atoms with E-state index in [1.54, 1.807) is 11.0 Å². The van der Waals surface area contributed by atoms with Crippen LogP contribution in [0, 0.1) is 6.92 Å². The smallest absolute Gasteiger partial charge is 0.247 e. The van der Waals surface area contributed by atoms with Crippen molar-refractivity contribution in [2.75, 3.05) is 13.1 Å². The number of H-pyrrole nitrogens is 1. The monoisotopic (exact) mass is 338 g/mol. The van der Waals surface area contributed by atoms with Crippen molar-refractivity contribution in [1.82, 2.24) is 29.6 Å². The molecular weight excluding hydrogens is 316 g/mol. The summed E-state index contributed by atoms with van der Waals surface area (Å²) in [5.74, 6) is 1.51. The first kappa shape index (κ1) is 15.8. The molecule has 1 aliphatic heterocycles. The number of aromatic nitrogens is 5. The number of amides is 1. The van der Waals surface area contributed by atoms with Crippen LogP contribution in [-0.4, -0.2) is 48.6 Å². The summed E-state index contributed by atoms with van der Waals surface area (Å²) in [5.41, 5.74) is 3.33. The van der Waals surface area contributed by atoms with Crippen molar-refractivity contribution < 1.29 is 4.79 Å². The number of benzene rings is 1. The zero-order chi connectivity index (χ0) is 17.4. The van der Waals surface area contributed by atoms with Crippen molar-refractivity contribution in [2.24, 2.45) is 0 Å². The number of carbonyl (C=O) groups is 1. The number of hydrogen-bond acceptors (Lipinski definition) is 4. The van der Waals surface area contributed by atoms with E-state index in [0.29, 0.717) is 5.92 Å². The molecule has 4 rings (SSSR count). The molecule has 0 spiro atoms. The molecule has 0 saturated carbocycles. The van der Waals surface area contributed by atoms with Crippen LogP contribution < -0.4 is 0 Å². The molecule has 1 amide bonds. The quantitative estimate of drug-likeness (QED) is 0.795. The highest BCUT2D eigenvalue weighted by atomic mass is 16.2. The van der Waals surface area contributed by atoms with Crippen molar-refractivity contribution in [3.8, 4) is 0 Å². The predicted octanol–water partition coefficient (Wildman–Crippen LogP) is 2.43. The average molecular weight is 338 g/mol. The van der Waals surface area contributed by atoms with Gasteiger partial charge < -0.3 is 9.88 Å². The second-order valence-corrected chi connectivity index (χ2v) is 6.79. The van der Waals surface area contributed by atoms with Gasteiger partial charge in [-0.1, -0.05) is 6.07 Å². The highest BCUT2D eigenvalue weighted by Gasteiger charge is 2.29. The molecule has 3 aromatic rings. The van der Waals surface area contributed by atoms with Gasteiger partial charge in [0.25, 0.3) is 0 Å². The van der Waals surface area contributed by atoms with Gasteiger partial charge in [-0.15, -0.1) is 0 Å². The molecule has 1 unspecified atom stereocenters. The summed E-state index contributed by atoms with van der Waals surface area (Å²) in [6.45, 7) is 5.45. The number of carbonyl (C=O) groups excluding carboxylic acids is 1. The lowest BCUT2D eigenvalue weighted by molar-refractivity contribution is -0.135. The fourth-order valence-corrected chi connectivity index (χ4v) is 3.50. The standard InChI is InChI=1S/C18H22N6O/c1-12-3-4-15-16(9-12)22-17(21-15)14-5-7-23(8-6-14)18(25)13(2)24-11-19-10-20-24/h3-4,9-11,13-14H,5-8H2,1-2H3,(H,21,22). The number of imidazole rings is 1. The first-order chi connectivity index (χ1) is 12.1.